The van der Waals surface area contributed by atoms with E-state index in [2.05, 4.69) is 5.32 Å². The first-order valence-corrected chi connectivity index (χ1v) is 6.47. The summed E-state index contributed by atoms with van der Waals surface area (Å²) in [5.74, 6) is 1.31. The van der Waals surface area contributed by atoms with Gasteiger partial charge < -0.3 is 10.4 Å². The molecule has 2 aliphatic rings. The Morgan fingerprint density at radius 2 is 2.14 bits per heavy atom. The molecule has 1 saturated heterocycles. The Morgan fingerprint density at radius 1 is 1.43 bits per heavy atom. The van der Waals surface area contributed by atoms with Gasteiger partial charge in [-0.3, -0.25) is 4.79 Å². The molecule has 14 heavy (non-hydrogen) atoms. The topological polar surface area (TPSA) is 49.3 Å². The third-order valence-electron chi connectivity index (χ3n) is 3.11. The second-order valence-electron chi connectivity index (χ2n) is 4.29. The molecule has 1 saturated carbocycles. The second kappa shape index (κ2) is 4.11. The second-order valence-corrected chi connectivity index (χ2v) is 5.39. The standard InChI is InChI=1S/C10H17NO2S/c12-9(10(13)5-6-14-7-10)11-8-3-1-2-4-8/h8,13H,1-7H2,(H,11,12). The summed E-state index contributed by atoms with van der Waals surface area (Å²) in [5, 5.41) is 12.9. The van der Waals surface area contributed by atoms with E-state index in [-0.39, 0.29) is 5.91 Å². The van der Waals surface area contributed by atoms with Gasteiger partial charge in [-0.25, -0.2) is 0 Å². The smallest absolute Gasteiger partial charge is 0.253 e. The van der Waals surface area contributed by atoms with Crippen molar-refractivity contribution in [3.63, 3.8) is 0 Å². The highest BCUT2D eigenvalue weighted by molar-refractivity contribution is 7.99. The van der Waals surface area contributed by atoms with Crippen molar-refractivity contribution in [3.8, 4) is 0 Å². The van der Waals surface area contributed by atoms with Gasteiger partial charge in [0.25, 0.3) is 5.91 Å². The van der Waals surface area contributed by atoms with Crippen LogP contribution in [0.5, 0.6) is 0 Å². The van der Waals surface area contributed by atoms with Gasteiger partial charge in [-0.05, 0) is 25.0 Å². The number of hydrogen-bond donors (Lipinski definition) is 2. The van der Waals surface area contributed by atoms with E-state index in [4.69, 9.17) is 0 Å². The molecule has 1 atom stereocenters. The van der Waals surface area contributed by atoms with E-state index in [0.29, 0.717) is 18.2 Å². The summed E-state index contributed by atoms with van der Waals surface area (Å²) in [6.07, 6.45) is 5.18. The van der Waals surface area contributed by atoms with Crippen molar-refractivity contribution in [3.05, 3.63) is 0 Å². The summed E-state index contributed by atoms with van der Waals surface area (Å²) in [6, 6.07) is 0.317. The van der Waals surface area contributed by atoms with E-state index in [0.717, 1.165) is 18.6 Å². The normalized spacial score (nSPS) is 33.5. The van der Waals surface area contributed by atoms with Gasteiger partial charge in [0, 0.05) is 11.8 Å². The minimum atomic E-state index is -1.08. The molecule has 2 rings (SSSR count). The molecule has 1 aliphatic heterocycles. The van der Waals surface area contributed by atoms with E-state index in [9.17, 15) is 9.90 Å². The number of aliphatic hydroxyl groups is 1. The summed E-state index contributed by atoms with van der Waals surface area (Å²) in [4.78, 5) is 11.7. The van der Waals surface area contributed by atoms with Gasteiger partial charge in [0.1, 0.15) is 0 Å². The number of rotatable bonds is 2. The maximum absolute atomic E-state index is 11.7. The van der Waals surface area contributed by atoms with Crippen LogP contribution in [0, 0.1) is 0 Å². The lowest BCUT2D eigenvalue weighted by Crippen LogP contribution is -2.49. The fraction of sp³-hybridized carbons (Fsp3) is 0.900. The summed E-state index contributed by atoms with van der Waals surface area (Å²) in [5.41, 5.74) is -1.08. The zero-order valence-corrected chi connectivity index (χ0v) is 9.11. The molecule has 1 aliphatic carbocycles. The fourth-order valence-corrected chi connectivity index (χ4v) is 3.36. The fourth-order valence-electron chi connectivity index (χ4n) is 2.12. The minimum absolute atomic E-state index is 0.144. The van der Waals surface area contributed by atoms with Crippen molar-refractivity contribution in [2.75, 3.05) is 11.5 Å². The van der Waals surface area contributed by atoms with Crippen LogP contribution in [0.15, 0.2) is 0 Å². The van der Waals surface area contributed by atoms with Crippen LogP contribution in [0.2, 0.25) is 0 Å². The Balaban J connectivity index is 1.87. The molecule has 0 aromatic heterocycles. The summed E-state index contributed by atoms with van der Waals surface area (Å²) < 4.78 is 0. The Labute approximate surface area is 88.6 Å². The van der Waals surface area contributed by atoms with Crippen LogP contribution in [0.3, 0.4) is 0 Å². The first-order valence-electron chi connectivity index (χ1n) is 5.32. The largest absolute Gasteiger partial charge is 0.379 e. The molecular formula is C10H17NO2S. The molecule has 1 unspecified atom stereocenters. The monoisotopic (exact) mass is 215 g/mol. The van der Waals surface area contributed by atoms with Gasteiger partial charge in [-0.15, -0.1) is 0 Å². The molecular weight excluding hydrogens is 198 g/mol. The summed E-state index contributed by atoms with van der Waals surface area (Å²) in [6.45, 7) is 0. The number of nitrogens with one attached hydrogen (secondary N) is 1. The third kappa shape index (κ3) is 2.06. The van der Waals surface area contributed by atoms with Crippen molar-refractivity contribution >= 4 is 17.7 Å². The van der Waals surface area contributed by atoms with Gasteiger partial charge >= 0.3 is 0 Å². The number of carbonyl (C=O) groups excluding carboxylic acids is 1. The predicted octanol–water partition coefficient (Wildman–Crippen LogP) is 0.913. The maximum Gasteiger partial charge on any atom is 0.253 e. The van der Waals surface area contributed by atoms with Crippen LogP contribution in [-0.2, 0) is 4.79 Å². The van der Waals surface area contributed by atoms with Gasteiger partial charge in [0.2, 0.25) is 0 Å². The molecule has 0 spiro atoms. The van der Waals surface area contributed by atoms with E-state index in [1.165, 1.54) is 12.8 Å². The first kappa shape index (κ1) is 10.3. The zero-order valence-electron chi connectivity index (χ0n) is 8.29. The van der Waals surface area contributed by atoms with Crippen molar-refractivity contribution in [2.24, 2.45) is 0 Å². The average molecular weight is 215 g/mol. The Kier molecular flexibility index (Phi) is 3.02. The third-order valence-corrected chi connectivity index (χ3v) is 4.29. The van der Waals surface area contributed by atoms with Gasteiger partial charge in [-0.1, -0.05) is 12.8 Å². The van der Waals surface area contributed by atoms with Crippen molar-refractivity contribution in [1.82, 2.24) is 5.32 Å². The number of carbonyl (C=O) groups is 1. The molecule has 2 N–H and O–H groups in total. The van der Waals surface area contributed by atoms with E-state index >= 15 is 0 Å². The van der Waals surface area contributed by atoms with E-state index < -0.39 is 5.60 Å². The van der Waals surface area contributed by atoms with E-state index in [1.54, 1.807) is 11.8 Å². The number of hydrogen-bond acceptors (Lipinski definition) is 3. The SMILES string of the molecule is O=C(NC1CCCC1)C1(O)CCSC1. The highest BCUT2D eigenvalue weighted by Gasteiger charge is 2.40. The first-order chi connectivity index (χ1) is 6.71. The van der Waals surface area contributed by atoms with Gasteiger partial charge in [-0.2, -0.15) is 11.8 Å². The van der Waals surface area contributed by atoms with Crippen LogP contribution in [0.4, 0.5) is 0 Å². The molecule has 0 aromatic rings. The van der Waals surface area contributed by atoms with Crippen LogP contribution < -0.4 is 5.32 Å². The lowest BCUT2D eigenvalue weighted by molar-refractivity contribution is -0.138. The molecule has 0 aromatic carbocycles. The van der Waals surface area contributed by atoms with Crippen LogP contribution in [0.25, 0.3) is 0 Å². The van der Waals surface area contributed by atoms with Crippen molar-refractivity contribution in [2.45, 2.75) is 43.7 Å². The quantitative estimate of drug-likeness (QED) is 0.720. The zero-order chi connectivity index (χ0) is 10.0. The number of amides is 1. The maximum atomic E-state index is 11.7. The highest BCUT2D eigenvalue weighted by Crippen LogP contribution is 2.28. The van der Waals surface area contributed by atoms with Gasteiger partial charge in [0.05, 0.1) is 0 Å². The lowest BCUT2D eigenvalue weighted by Gasteiger charge is -2.22. The van der Waals surface area contributed by atoms with Crippen LogP contribution in [0.1, 0.15) is 32.1 Å². The predicted molar refractivity (Wildman–Crippen MR) is 57.3 cm³/mol. The molecule has 1 heterocycles. The minimum Gasteiger partial charge on any atom is -0.379 e. The molecule has 3 nitrogen and oxygen atoms in total. The summed E-state index contributed by atoms with van der Waals surface area (Å²) in [7, 11) is 0. The lowest BCUT2D eigenvalue weighted by atomic mass is 10.0. The van der Waals surface area contributed by atoms with Crippen LogP contribution in [-0.4, -0.2) is 34.2 Å². The molecule has 4 heteroatoms. The number of thioether (sulfide) groups is 1. The molecule has 0 bridgehead atoms. The molecule has 0 radical (unpaired) electrons. The Morgan fingerprint density at radius 3 is 2.71 bits per heavy atom. The molecule has 1 amide bonds. The van der Waals surface area contributed by atoms with Crippen molar-refractivity contribution < 1.29 is 9.90 Å². The molecule has 2 fully saturated rings. The summed E-state index contributed by atoms with van der Waals surface area (Å²) >= 11 is 1.66. The average Bonchev–Trinajstić information content (AvgIpc) is 2.76. The van der Waals surface area contributed by atoms with E-state index in [1.807, 2.05) is 0 Å². The molecule has 80 valence electrons. The van der Waals surface area contributed by atoms with Crippen LogP contribution >= 0.6 is 11.8 Å². The Hall–Kier alpha value is -0.220. The van der Waals surface area contributed by atoms with Gasteiger partial charge in [0.15, 0.2) is 5.60 Å². The van der Waals surface area contributed by atoms with Crippen molar-refractivity contribution in [1.29, 1.82) is 0 Å². The highest BCUT2D eigenvalue weighted by atomic mass is 32.2. The Bertz CT molecular complexity index is 220.